The summed E-state index contributed by atoms with van der Waals surface area (Å²) in [5.74, 6) is 2.27. The van der Waals surface area contributed by atoms with Crippen LogP contribution in [0.1, 0.15) is 13.3 Å². The first kappa shape index (κ1) is 9.58. The third-order valence-corrected chi connectivity index (χ3v) is 3.50. The van der Waals surface area contributed by atoms with Gasteiger partial charge in [0.15, 0.2) is 0 Å². The molecule has 2 aliphatic rings. The quantitative estimate of drug-likeness (QED) is 0.717. The van der Waals surface area contributed by atoms with Gasteiger partial charge in [-0.15, -0.1) is 0 Å². The lowest BCUT2D eigenvalue weighted by Crippen LogP contribution is -2.21. The van der Waals surface area contributed by atoms with E-state index < -0.39 is 0 Å². The van der Waals surface area contributed by atoms with Gasteiger partial charge in [0.25, 0.3) is 0 Å². The lowest BCUT2D eigenvalue weighted by molar-refractivity contribution is 0.415. The zero-order valence-electron chi connectivity index (χ0n) is 9.95. The Morgan fingerprint density at radius 3 is 2.81 bits per heavy atom. The monoisotopic (exact) mass is 216 g/mol. The highest BCUT2D eigenvalue weighted by Crippen LogP contribution is 2.46. The summed E-state index contributed by atoms with van der Waals surface area (Å²) in [7, 11) is 3.84. The fraction of sp³-hybridized carbons (Fsp3) is 0.385. The lowest BCUT2D eigenvalue weighted by Gasteiger charge is -2.17. The van der Waals surface area contributed by atoms with Crippen LogP contribution in [0.4, 0.5) is 11.4 Å². The predicted molar refractivity (Wildman–Crippen MR) is 66.1 cm³/mol. The molecule has 3 heteroatoms. The first-order valence-corrected chi connectivity index (χ1v) is 5.61. The van der Waals surface area contributed by atoms with Crippen LogP contribution in [0.2, 0.25) is 0 Å². The summed E-state index contributed by atoms with van der Waals surface area (Å²) in [5, 5.41) is 0. The maximum atomic E-state index is 5.28. The van der Waals surface area contributed by atoms with Gasteiger partial charge in [0.1, 0.15) is 11.6 Å². The maximum Gasteiger partial charge on any atom is 0.121 e. The first-order chi connectivity index (χ1) is 7.72. The lowest BCUT2D eigenvalue weighted by atomic mass is 10.2. The molecule has 0 amide bonds. The van der Waals surface area contributed by atoms with Gasteiger partial charge >= 0.3 is 0 Å². The second-order valence-corrected chi connectivity index (χ2v) is 4.42. The van der Waals surface area contributed by atoms with Crippen LogP contribution in [0.25, 0.3) is 0 Å². The van der Waals surface area contributed by atoms with Crippen molar-refractivity contribution in [3.63, 3.8) is 0 Å². The standard InChI is InChI=1S/C13H16N2O/c1-9-6-7-15-11-5-4-10(16-3)8-12(11)14(2)13(9)15/h4-5,8H,6-7H2,1-3H3. The van der Waals surface area contributed by atoms with Gasteiger partial charge in [0.2, 0.25) is 0 Å². The highest BCUT2D eigenvalue weighted by atomic mass is 16.5. The van der Waals surface area contributed by atoms with Crippen LogP contribution in [0, 0.1) is 0 Å². The molecule has 16 heavy (non-hydrogen) atoms. The number of fused-ring (bicyclic) bond motifs is 3. The fourth-order valence-corrected chi connectivity index (χ4v) is 2.67. The van der Waals surface area contributed by atoms with Crippen molar-refractivity contribution in [2.24, 2.45) is 0 Å². The zero-order chi connectivity index (χ0) is 11.3. The van der Waals surface area contributed by atoms with Crippen LogP contribution in [0.3, 0.4) is 0 Å². The normalized spacial score (nSPS) is 17.9. The smallest absolute Gasteiger partial charge is 0.121 e. The number of ether oxygens (including phenoxy) is 1. The Morgan fingerprint density at radius 2 is 2.06 bits per heavy atom. The summed E-state index contributed by atoms with van der Waals surface area (Å²) in [6.07, 6.45) is 1.17. The van der Waals surface area contributed by atoms with E-state index in [0.717, 1.165) is 12.3 Å². The maximum absolute atomic E-state index is 5.28. The van der Waals surface area contributed by atoms with Crippen LogP contribution in [-0.4, -0.2) is 20.7 Å². The van der Waals surface area contributed by atoms with Crippen molar-refractivity contribution in [2.45, 2.75) is 13.3 Å². The van der Waals surface area contributed by atoms with Crippen LogP contribution in [0.5, 0.6) is 5.75 Å². The number of rotatable bonds is 1. The van der Waals surface area contributed by atoms with Gasteiger partial charge in [-0.25, -0.2) is 0 Å². The average Bonchev–Trinajstić information content (AvgIpc) is 2.81. The minimum atomic E-state index is 0.921. The van der Waals surface area contributed by atoms with Crippen molar-refractivity contribution >= 4 is 11.4 Å². The van der Waals surface area contributed by atoms with Gasteiger partial charge in [-0.2, -0.15) is 0 Å². The minimum absolute atomic E-state index is 0.921. The summed E-state index contributed by atoms with van der Waals surface area (Å²) in [5.41, 5.74) is 4.02. The Kier molecular flexibility index (Phi) is 1.90. The number of methoxy groups -OCH3 is 1. The summed E-state index contributed by atoms with van der Waals surface area (Å²) in [4.78, 5) is 4.66. The minimum Gasteiger partial charge on any atom is -0.497 e. The number of benzene rings is 1. The number of anilines is 2. The van der Waals surface area contributed by atoms with Gasteiger partial charge < -0.3 is 14.5 Å². The molecule has 3 nitrogen and oxygen atoms in total. The van der Waals surface area contributed by atoms with Crippen molar-refractivity contribution in [3.8, 4) is 5.75 Å². The highest BCUT2D eigenvalue weighted by molar-refractivity contribution is 5.84. The molecule has 84 valence electrons. The largest absolute Gasteiger partial charge is 0.497 e. The Bertz CT molecular complexity index is 479. The van der Waals surface area contributed by atoms with Crippen molar-refractivity contribution in [2.75, 3.05) is 30.5 Å². The van der Waals surface area contributed by atoms with Gasteiger partial charge in [-0.3, -0.25) is 0 Å². The third-order valence-electron chi connectivity index (χ3n) is 3.50. The van der Waals surface area contributed by atoms with Gasteiger partial charge in [0, 0.05) is 19.7 Å². The Hall–Kier alpha value is -1.64. The molecule has 0 unspecified atom stereocenters. The Balaban J connectivity index is 2.14. The molecule has 0 aromatic heterocycles. The Morgan fingerprint density at radius 1 is 1.25 bits per heavy atom. The van der Waals surface area contributed by atoms with Crippen LogP contribution < -0.4 is 14.5 Å². The molecule has 1 aromatic carbocycles. The first-order valence-electron chi connectivity index (χ1n) is 5.61. The molecule has 0 bridgehead atoms. The summed E-state index contributed by atoms with van der Waals surface area (Å²) in [6, 6.07) is 6.29. The molecular weight excluding hydrogens is 200 g/mol. The molecule has 2 aliphatic heterocycles. The zero-order valence-corrected chi connectivity index (χ0v) is 9.95. The van der Waals surface area contributed by atoms with E-state index in [-0.39, 0.29) is 0 Å². The molecule has 0 saturated carbocycles. The highest BCUT2D eigenvalue weighted by Gasteiger charge is 2.33. The Labute approximate surface area is 95.9 Å². The van der Waals surface area contributed by atoms with Crippen molar-refractivity contribution < 1.29 is 4.74 Å². The molecule has 0 N–H and O–H groups in total. The fourth-order valence-electron chi connectivity index (χ4n) is 2.67. The van der Waals surface area contributed by atoms with Crippen molar-refractivity contribution in [1.29, 1.82) is 0 Å². The SMILES string of the molecule is COc1ccc2c(c1)N(C)C1=C(C)CCN12. The van der Waals surface area contributed by atoms with Crippen molar-refractivity contribution in [1.82, 2.24) is 0 Å². The van der Waals surface area contributed by atoms with E-state index in [9.17, 15) is 0 Å². The molecule has 0 atom stereocenters. The second-order valence-electron chi connectivity index (χ2n) is 4.42. The van der Waals surface area contributed by atoms with E-state index in [1.165, 1.54) is 29.2 Å². The second kappa shape index (κ2) is 3.17. The van der Waals surface area contributed by atoms with Crippen LogP contribution in [-0.2, 0) is 0 Å². The molecular formula is C13H16N2O. The molecule has 0 aliphatic carbocycles. The molecule has 0 spiro atoms. The third kappa shape index (κ3) is 1.08. The van der Waals surface area contributed by atoms with E-state index >= 15 is 0 Å². The molecule has 0 radical (unpaired) electrons. The summed E-state index contributed by atoms with van der Waals surface area (Å²) < 4.78 is 5.28. The van der Waals surface area contributed by atoms with Crippen LogP contribution in [0.15, 0.2) is 29.6 Å². The molecule has 0 saturated heterocycles. The van der Waals surface area contributed by atoms with Crippen LogP contribution >= 0.6 is 0 Å². The molecule has 2 heterocycles. The molecule has 3 rings (SSSR count). The predicted octanol–water partition coefficient (Wildman–Crippen LogP) is 2.59. The number of hydrogen-bond acceptors (Lipinski definition) is 3. The van der Waals surface area contributed by atoms with E-state index in [0.29, 0.717) is 0 Å². The van der Waals surface area contributed by atoms with Gasteiger partial charge in [0.05, 0.1) is 18.5 Å². The number of hydrogen-bond donors (Lipinski definition) is 0. The van der Waals surface area contributed by atoms with Gasteiger partial charge in [-0.05, 0) is 31.1 Å². The van der Waals surface area contributed by atoms with E-state index in [2.05, 4.69) is 35.9 Å². The summed E-state index contributed by atoms with van der Waals surface area (Å²) in [6.45, 7) is 3.32. The average molecular weight is 216 g/mol. The topological polar surface area (TPSA) is 15.7 Å². The summed E-state index contributed by atoms with van der Waals surface area (Å²) >= 11 is 0. The van der Waals surface area contributed by atoms with Crippen molar-refractivity contribution in [3.05, 3.63) is 29.6 Å². The number of nitrogens with zero attached hydrogens (tertiary/aromatic N) is 2. The van der Waals surface area contributed by atoms with E-state index in [1.807, 2.05) is 6.07 Å². The molecule has 0 fully saturated rings. The molecule has 1 aromatic rings. The van der Waals surface area contributed by atoms with E-state index in [4.69, 9.17) is 4.74 Å². The van der Waals surface area contributed by atoms with Gasteiger partial charge in [-0.1, -0.05) is 0 Å². The van der Waals surface area contributed by atoms with E-state index in [1.54, 1.807) is 7.11 Å².